The van der Waals surface area contributed by atoms with Crippen molar-refractivity contribution in [3.05, 3.63) is 11.9 Å². The second-order valence-electron chi connectivity index (χ2n) is 3.28. The van der Waals surface area contributed by atoms with Gasteiger partial charge in [-0.1, -0.05) is 0 Å². The second kappa shape index (κ2) is 3.90. The van der Waals surface area contributed by atoms with E-state index in [1.165, 1.54) is 18.0 Å². The Kier molecular flexibility index (Phi) is 2.59. The molecule has 82 valence electrons. The first kappa shape index (κ1) is 9.97. The van der Waals surface area contributed by atoms with Crippen LogP contribution in [0, 0.1) is 0 Å². The van der Waals surface area contributed by atoms with Crippen molar-refractivity contribution in [2.24, 2.45) is 0 Å². The van der Waals surface area contributed by atoms with E-state index in [1.54, 1.807) is 0 Å². The predicted molar refractivity (Wildman–Crippen MR) is 50.0 cm³/mol. The van der Waals surface area contributed by atoms with Gasteiger partial charge in [0.1, 0.15) is 0 Å². The molecule has 0 radical (unpaired) electrons. The Hall–Kier alpha value is -1.56. The molecule has 1 aliphatic rings. The summed E-state index contributed by atoms with van der Waals surface area (Å²) >= 11 is 0. The zero-order valence-electron chi connectivity index (χ0n) is 8.34. The van der Waals surface area contributed by atoms with E-state index < -0.39 is 5.97 Å². The molecule has 0 saturated carbocycles. The van der Waals surface area contributed by atoms with Gasteiger partial charge in [0.05, 0.1) is 13.3 Å². The number of aromatic nitrogens is 2. The van der Waals surface area contributed by atoms with Crippen LogP contribution in [0.5, 0.6) is 5.75 Å². The maximum absolute atomic E-state index is 11.0. The summed E-state index contributed by atoms with van der Waals surface area (Å²) in [6.07, 6.45) is 2.82. The Morgan fingerprint density at radius 3 is 3.13 bits per heavy atom. The van der Waals surface area contributed by atoms with Gasteiger partial charge in [-0.25, -0.2) is 9.48 Å². The fourth-order valence-corrected chi connectivity index (χ4v) is 1.67. The maximum atomic E-state index is 11.0. The maximum Gasteiger partial charge on any atom is 0.358 e. The van der Waals surface area contributed by atoms with E-state index >= 15 is 0 Å². The third-order valence-electron chi connectivity index (χ3n) is 2.36. The van der Waals surface area contributed by atoms with Gasteiger partial charge in [-0.3, -0.25) is 0 Å². The SMILES string of the molecule is COc1cnn(C2CCCO2)c1C(=O)O. The number of carboxylic acid groups (broad SMARTS) is 1. The second-order valence-corrected chi connectivity index (χ2v) is 3.28. The molecule has 1 aromatic heterocycles. The van der Waals surface area contributed by atoms with Crippen molar-refractivity contribution in [3.8, 4) is 5.75 Å². The van der Waals surface area contributed by atoms with E-state index in [4.69, 9.17) is 14.6 Å². The molecule has 0 bridgehead atoms. The lowest BCUT2D eigenvalue weighted by Crippen LogP contribution is -2.16. The number of hydrogen-bond acceptors (Lipinski definition) is 4. The molecule has 6 nitrogen and oxygen atoms in total. The lowest BCUT2D eigenvalue weighted by molar-refractivity contribution is 0.0386. The summed E-state index contributed by atoms with van der Waals surface area (Å²) in [5.41, 5.74) is 0.0457. The number of carbonyl (C=O) groups is 1. The Labute approximate surface area is 86.4 Å². The summed E-state index contributed by atoms with van der Waals surface area (Å²) in [4.78, 5) is 11.0. The van der Waals surface area contributed by atoms with Crippen LogP contribution in [-0.4, -0.2) is 34.6 Å². The Morgan fingerprint density at radius 2 is 2.60 bits per heavy atom. The summed E-state index contributed by atoms with van der Waals surface area (Å²) in [6, 6.07) is 0. The molecule has 0 amide bonds. The van der Waals surface area contributed by atoms with Gasteiger partial charge >= 0.3 is 5.97 Å². The zero-order chi connectivity index (χ0) is 10.8. The van der Waals surface area contributed by atoms with Crippen molar-refractivity contribution in [1.29, 1.82) is 0 Å². The standard InChI is InChI=1S/C9H12N2O4/c1-14-6-5-10-11(8(6)9(12)13)7-3-2-4-15-7/h5,7H,2-4H2,1H3,(H,12,13). The molecule has 2 heterocycles. The highest BCUT2D eigenvalue weighted by Crippen LogP contribution is 2.27. The van der Waals surface area contributed by atoms with Crippen molar-refractivity contribution in [1.82, 2.24) is 9.78 Å². The summed E-state index contributed by atoms with van der Waals surface area (Å²) in [5.74, 6) is -0.794. The molecule has 1 saturated heterocycles. The molecule has 0 aliphatic carbocycles. The van der Waals surface area contributed by atoms with Gasteiger partial charge in [-0.15, -0.1) is 0 Å². The number of ether oxygens (including phenoxy) is 2. The number of rotatable bonds is 3. The average Bonchev–Trinajstić information content (AvgIpc) is 2.85. The van der Waals surface area contributed by atoms with Gasteiger partial charge < -0.3 is 14.6 Å². The fraction of sp³-hybridized carbons (Fsp3) is 0.556. The molecule has 6 heteroatoms. The van der Waals surface area contributed by atoms with Crippen LogP contribution in [0.15, 0.2) is 6.20 Å². The molecule has 0 spiro atoms. The monoisotopic (exact) mass is 212 g/mol. The van der Waals surface area contributed by atoms with Gasteiger partial charge in [0.2, 0.25) is 0 Å². The van der Waals surface area contributed by atoms with E-state index in [2.05, 4.69) is 5.10 Å². The molecule has 1 aliphatic heterocycles. The molecule has 2 rings (SSSR count). The van der Waals surface area contributed by atoms with Crippen LogP contribution in [-0.2, 0) is 4.74 Å². The molecule has 0 aromatic carbocycles. The van der Waals surface area contributed by atoms with Crippen LogP contribution < -0.4 is 4.74 Å². The quantitative estimate of drug-likeness (QED) is 0.805. The zero-order valence-corrected chi connectivity index (χ0v) is 8.34. The minimum atomic E-state index is -1.06. The fourth-order valence-electron chi connectivity index (χ4n) is 1.67. The summed E-state index contributed by atoms with van der Waals surface area (Å²) in [6.45, 7) is 0.645. The minimum absolute atomic E-state index is 0.0457. The lowest BCUT2D eigenvalue weighted by atomic mass is 10.3. The smallest absolute Gasteiger partial charge is 0.358 e. The molecule has 1 aromatic rings. The highest BCUT2D eigenvalue weighted by molar-refractivity contribution is 5.88. The van der Waals surface area contributed by atoms with Crippen molar-refractivity contribution >= 4 is 5.97 Å². The first-order valence-corrected chi connectivity index (χ1v) is 4.70. The summed E-state index contributed by atoms with van der Waals surface area (Å²) in [5, 5.41) is 13.0. The van der Waals surface area contributed by atoms with Crippen molar-refractivity contribution in [2.45, 2.75) is 19.1 Å². The van der Waals surface area contributed by atoms with E-state index in [9.17, 15) is 4.79 Å². The molecular weight excluding hydrogens is 200 g/mol. The van der Waals surface area contributed by atoms with Crippen LogP contribution in [0.3, 0.4) is 0 Å². The first-order valence-electron chi connectivity index (χ1n) is 4.70. The number of nitrogens with zero attached hydrogens (tertiary/aromatic N) is 2. The third-order valence-corrected chi connectivity index (χ3v) is 2.36. The van der Waals surface area contributed by atoms with Crippen LogP contribution in [0.2, 0.25) is 0 Å². The number of aromatic carboxylic acids is 1. The molecule has 1 atom stereocenters. The molecular formula is C9H12N2O4. The predicted octanol–water partition coefficient (Wildman–Crippen LogP) is 0.899. The van der Waals surface area contributed by atoms with Crippen LogP contribution in [0.1, 0.15) is 29.6 Å². The van der Waals surface area contributed by atoms with Gasteiger partial charge in [0.15, 0.2) is 17.7 Å². The Morgan fingerprint density at radius 1 is 1.80 bits per heavy atom. The highest BCUT2D eigenvalue weighted by atomic mass is 16.5. The number of hydrogen-bond donors (Lipinski definition) is 1. The van der Waals surface area contributed by atoms with Crippen molar-refractivity contribution in [2.75, 3.05) is 13.7 Å². The van der Waals surface area contributed by atoms with Gasteiger partial charge in [0, 0.05) is 6.61 Å². The van der Waals surface area contributed by atoms with Crippen LogP contribution in [0.4, 0.5) is 0 Å². The van der Waals surface area contributed by atoms with Gasteiger partial charge in [0.25, 0.3) is 0 Å². The normalized spacial score (nSPS) is 20.5. The third kappa shape index (κ3) is 1.68. The summed E-state index contributed by atoms with van der Waals surface area (Å²) in [7, 11) is 1.42. The van der Waals surface area contributed by atoms with E-state index in [1.807, 2.05) is 0 Å². The molecule has 15 heavy (non-hydrogen) atoms. The van der Waals surface area contributed by atoms with Crippen LogP contribution in [0.25, 0.3) is 0 Å². The van der Waals surface area contributed by atoms with Gasteiger partial charge in [-0.2, -0.15) is 5.10 Å². The first-order chi connectivity index (χ1) is 7.24. The van der Waals surface area contributed by atoms with Crippen molar-refractivity contribution in [3.63, 3.8) is 0 Å². The summed E-state index contributed by atoms with van der Waals surface area (Å²) < 4.78 is 11.7. The number of carboxylic acids is 1. The van der Waals surface area contributed by atoms with E-state index in [0.717, 1.165) is 12.8 Å². The minimum Gasteiger partial charge on any atom is -0.493 e. The Bertz CT molecular complexity index is 368. The van der Waals surface area contributed by atoms with Crippen molar-refractivity contribution < 1.29 is 19.4 Å². The highest BCUT2D eigenvalue weighted by Gasteiger charge is 2.26. The van der Waals surface area contributed by atoms with E-state index in [0.29, 0.717) is 6.61 Å². The van der Waals surface area contributed by atoms with E-state index in [-0.39, 0.29) is 17.7 Å². The average molecular weight is 212 g/mol. The largest absolute Gasteiger partial charge is 0.493 e. The lowest BCUT2D eigenvalue weighted by Gasteiger charge is -2.11. The molecule has 1 unspecified atom stereocenters. The molecule has 1 N–H and O–H groups in total. The Balaban J connectivity index is 2.37. The topological polar surface area (TPSA) is 73.6 Å². The van der Waals surface area contributed by atoms with Gasteiger partial charge in [-0.05, 0) is 12.8 Å². The van der Waals surface area contributed by atoms with Crippen LogP contribution >= 0.6 is 0 Å². The molecule has 1 fully saturated rings. The number of methoxy groups -OCH3 is 1.